The Morgan fingerprint density at radius 3 is 2.77 bits per heavy atom. The number of hydrogen-bond donors (Lipinski definition) is 2. The molecule has 4 rings (SSSR count). The molecule has 7 heteroatoms. The molecule has 0 radical (unpaired) electrons. The van der Waals surface area contributed by atoms with Gasteiger partial charge in [-0.25, -0.2) is 4.98 Å². The Hall–Kier alpha value is -2.41. The smallest absolute Gasteiger partial charge is 0.257 e. The van der Waals surface area contributed by atoms with Gasteiger partial charge >= 0.3 is 0 Å². The standard InChI is InChI=1S/C23H28N4O2S/c1-13(2)7-9-30-22-26-20-19(21(29)27-22)17(14-6-5-8-24-12-14)18-15(25-20)10-23(3,4)11-16(18)28/h5-6,8,12-13,17H,7,9-11H2,1-4H3,(H2,25,26,27,29). The minimum Gasteiger partial charge on any atom is -0.343 e. The number of anilines is 1. The highest BCUT2D eigenvalue weighted by Gasteiger charge is 2.42. The summed E-state index contributed by atoms with van der Waals surface area (Å²) in [4.78, 5) is 38.3. The van der Waals surface area contributed by atoms with Gasteiger partial charge in [0.2, 0.25) is 0 Å². The van der Waals surface area contributed by atoms with E-state index in [1.807, 2.05) is 12.1 Å². The minimum atomic E-state index is -0.445. The van der Waals surface area contributed by atoms with Crippen LogP contribution in [0.3, 0.4) is 0 Å². The van der Waals surface area contributed by atoms with E-state index in [2.05, 4.69) is 43.0 Å². The highest BCUT2D eigenvalue weighted by Crippen LogP contribution is 2.47. The van der Waals surface area contributed by atoms with Gasteiger partial charge in [-0.3, -0.25) is 14.6 Å². The molecule has 158 valence electrons. The van der Waals surface area contributed by atoms with Gasteiger partial charge in [-0.1, -0.05) is 45.5 Å². The normalized spacial score (nSPS) is 20.0. The zero-order valence-electron chi connectivity index (χ0n) is 17.9. The molecule has 2 aromatic rings. The maximum atomic E-state index is 13.2. The molecule has 0 spiro atoms. The van der Waals surface area contributed by atoms with Crippen LogP contribution < -0.4 is 10.9 Å². The summed E-state index contributed by atoms with van der Waals surface area (Å²) < 4.78 is 0. The monoisotopic (exact) mass is 424 g/mol. The van der Waals surface area contributed by atoms with Crippen LogP contribution in [0.5, 0.6) is 0 Å². The first-order valence-electron chi connectivity index (χ1n) is 10.5. The van der Waals surface area contributed by atoms with Crippen molar-refractivity contribution in [1.82, 2.24) is 15.0 Å². The van der Waals surface area contributed by atoms with Gasteiger partial charge in [-0.05, 0) is 35.8 Å². The summed E-state index contributed by atoms with van der Waals surface area (Å²) in [6.45, 7) is 8.56. The molecule has 2 aliphatic rings. The Morgan fingerprint density at radius 1 is 1.27 bits per heavy atom. The third-order valence-corrected chi connectivity index (χ3v) is 6.56. The first-order valence-corrected chi connectivity index (χ1v) is 11.4. The minimum absolute atomic E-state index is 0.0861. The Morgan fingerprint density at radius 2 is 2.07 bits per heavy atom. The van der Waals surface area contributed by atoms with E-state index in [0.29, 0.717) is 34.4 Å². The van der Waals surface area contributed by atoms with Crippen molar-refractivity contribution in [2.24, 2.45) is 11.3 Å². The number of carbonyl (C=O) groups excluding carboxylic acids is 1. The summed E-state index contributed by atoms with van der Waals surface area (Å²) in [6, 6.07) is 3.77. The molecule has 6 nitrogen and oxygen atoms in total. The number of carbonyl (C=O) groups is 1. The highest BCUT2D eigenvalue weighted by molar-refractivity contribution is 7.99. The molecule has 2 aromatic heterocycles. The Labute approximate surface area is 181 Å². The summed E-state index contributed by atoms with van der Waals surface area (Å²) in [6.07, 6.45) is 5.70. The molecule has 0 fully saturated rings. The fraction of sp³-hybridized carbons (Fsp3) is 0.478. The summed E-state index contributed by atoms with van der Waals surface area (Å²) in [5.41, 5.74) is 2.58. The van der Waals surface area contributed by atoms with Crippen LogP contribution in [0.15, 0.2) is 45.7 Å². The van der Waals surface area contributed by atoms with Crippen LogP contribution in [0.4, 0.5) is 5.82 Å². The number of thioether (sulfide) groups is 1. The number of hydrogen-bond acceptors (Lipinski definition) is 6. The van der Waals surface area contributed by atoms with Crippen molar-refractivity contribution in [2.75, 3.05) is 11.1 Å². The van der Waals surface area contributed by atoms with Gasteiger partial charge in [0.25, 0.3) is 5.56 Å². The third-order valence-electron chi connectivity index (χ3n) is 5.65. The van der Waals surface area contributed by atoms with Crippen molar-refractivity contribution in [3.8, 4) is 0 Å². The number of ketones is 1. The number of aromatic amines is 1. The van der Waals surface area contributed by atoms with Crippen LogP contribution in [0, 0.1) is 11.3 Å². The van der Waals surface area contributed by atoms with Gasteiger partial charge in [-0.15, -0.1) is 0 Å². The lowest BCUT2D eigenvalue weighted by Gasteiger charge is -2.38. The molecule has 0 saturated heterocycles. The summed E-state index contributed by atoms with van der Waals surface area (Å²) in [5.74, 6) is 1.69. The molecule has 1 aliphatic carbocycles. The predicted molar refractivity (Wildman–Crippen MR) is 120 cm³/mol. The number of allylic oxidation sites excluding steroid dienone is 2. The van der Waals surface area contributed by atoms with Crippen LogP contribution >= 0.6 is 11.8 Å². The maximum absolute atomic E-state index is 13.2. The molecule has 0 saturated carbocycles. The largest absolute Gasteiger partial charge is 0.343 e. The number of H-pyrrole nitrogens is 1. The average molecular weight is 425 g/mol. The maximum Gasteiger partial charge on any atom is 0.257 e. The zero-order valence-corrected chi connectivity index (χ0v) is 18.7. The first-order chi connectivity index (χ1) is 14.2. The average Bonchev–Trinajstić information content (AvgIpc) is 2.65. The van der Waals surface area contributed by atoms with Crippen LogP contribution in [-0.4, -0.2) is 26.5 Å². The van der Waals surface area contributed by atoms with Crippen LogP contribution in [0.2, 0.25) is 0 Å². The predicted octanol–water partition coefficient (Wildman–Crippen LogP) is 4.50. The number of aromatic nitrogens is 3. The Bertz CT molecular complexity index is 1060. The zero-order chi connectivity index (χ0) is 21.5. The van der Waals surface area contributed by atoms with E-state index in [9.17, 15) is 9.59 Å². The van der Waals surface area contributed by atoms with Crippen molar-refractivity contribution in [2.45, 2.75) is 58.0 Å². The van der Waals surface area contributed by atoms with Gasteiger partial charge in [0, 0.05) is 41.8 Å². The number of pyridine rings is 1. The van der Waals surface area contributed by atoms with Crippen LogP contribution in [0.25, 0.3) is 0 Å². The van der Waals surface area contributed by atoms with Gasteiger partial charge in [0.05, 0.1) is 5.56 Å². The van der Waals surface area contributed by atoms with E-state index in [1.165, 1.54) is 0 Å². The molecule has 0 amide bonds. The second kappa shape index (κ2) is 8.02. The highest BCUT2D eigenvalue weighted by atomic mass is 32.2. The Kier molecular flexibility index (Phi) is 5.57. The summed E-state index contributed by atoms with van der Waals surface area (Å²) in [5, 5.41) is 3.97. The number of fused-ring (bicyclic) bond motifs is 1. The SMILES string of the molecule is CC(C)CCSc1nc2c(c(=O)[nH]1)C(c1cccnc1)C1=C(CC(C)(C)CC1=O)N2. The lowest BCUT2D eigenvalue weighted by molar-refractivity contribution is -0.118. The van der Waals surface area contributed by atoms with E-state index in [-0.39, 0.29) is 16.8 Å². The molecule has 2 N–H and O–H groups in total. The van der Waals surface area contributed by atoms with Crippen LogP contribution in [0.1, 0.15) is 64.0 Å². The quantitative estimate of drug-likeness (QED) is 0.543. The van der Waals surface area contributed by atoms with Crippen LogP contribution in [-0.2, 0) is 4.79 Å². The Balaban J connectivity index is 1.81. The topological polar surface area (TPSA) is 87.7 Å². The molecule has 1 unspecified atom stereocenters. The molecule has 3 heterocycles. The van der Waals surface area contributed by atoms with E-state index in [0.717, 1.165) is 29.9 Å². The molecular weight excluding hydrogens is 396 g/mol. The fourth-order valence-corrected chi connectivity index (χ4v) is 5.34. The summed E-state index contributed by atoms with van der Waals surface area (Å²) in [7, 11) is 0. The van der Waals surface area contributed by atoms with E-state index in [4.69, 9.17) is 4.98 Å². The fourth-order valence-electron chi connectivity index (χ4n) is 4.23. The van der Waals surface area contributed by atoms with Gasteiger partial charge in [0.1, 0.15) is 5.82 Å². The van der Waals surface area contributed by atoms with Crippen molar-refractivity contribution >= 4 is 23.4 Å². The summed E-state index contributed by atoms with van der Waals surface area (Å²) >= 11 is 1.56. The third kappa shape index (κ3) is 4.08. The first kappa shape index (κ1) is 20.8. The van der Waals surface area contributed by atoms with Gasteiger partial charge < -0.3 is 10.3 Å². The number of rotatable bonds is 5. The molecule has 0 aromatic carbocycles. The second-order valence-electron chi connectivity index (χ2n) is 9.34. The van der Waals surface area contributed by atoms with Crippen molar-refractivity contribution in [3.05, 3.63) is 57.3 Å². The molecule has 0 bridgehead atoms. The molecule has 1 aliphatic heterocycles. The molecule has 1 atom stereocenters. The number of nitrogens with one attached hydrogen (secondary N) is 2. The van der Waals surface area contributed by atoms with E-state index >= 15 is 0 Å². The molecule has 30 heavy (non-hydrogen) atoms. The van der Waals surface area contributed by atoms with E-state index < -0.39 is 5.92 Å². The lowest BCUT2D eigenvalue weighted by Crippen LogP contribution is -2.37. The van der Waals surface area contributed by atoms with Crippen molar-refractivity contribution < 1.29 is 4.79 Å². The lowest BCUT2D eigenvalue weighted by atomic mass is 9.69. The number of nitrogens with zero attached hydrogens (tertiary/aromatic N) is 2. The van der Waals surface area contributed by atoms with Crippen molar-refractivity contribution in [3.63, 3.8) is 0 Å². The van der Waals surface area contributed by atoms with Gasteiger partial charge in [0.15, 0.2) is 10.9 Å². The van der Waals surface area contributed by atoms with Crippen molar-refractivity contribution in [1.29, 1.82) is 0 Å². The number of Topliss-reactive ketones (excluding diaryl/α,β-unsaturated/α-hetero) is 1. The molecular formula is C23H28N4O2S. The van der Waals surface area contributed by atoms with E-state index in [1.54, 1.807) is 24.2 Å². The second-order valence-corrected chi connectivity index (χ2v) is 10.4. The van der Waals surface area contributed by atoms with Gasteiger partial charge in [-0.2, -0.15) is 0 Å².